The first kappa shape index (κ1) is 20.2. The quantitative estimate of drug-likeness (QED) is 0.710. The number of hydrogen-bond acceptors (Lipinski definition) is 4. The zero-order valence-corrected chi connectivity index (χ0v) is 17.1. The Balaban J connectivity index is 1.61. The standard InChI is InChI=1S/C20H41N3O/c1-17(2)18(3)24-14-13-21-8-7-19(15-21)16-22-9-11-23(12-10-22)20(4,5)6/h17-19H,7-16H2,1-6H3/t18-,19-/m0/s1. The molecule has 0 N–H and O–H groups in total. The van der Waals surface area contributed by atoms with Crippen LogP contribution in [0, 0.1) is 11.8 Å². The van der Waals surface area contributed by atoms with Crippen LogP contribution in [0.3, 0.4) is 0 Å². The Labute approximate surface area is 150 Å². The van der Waals surface area contributed by atoms with E-state index in [1.807, 2.05) is 0 Å². The molecule has 4 heteroatoms. The average molecular weight is 340 g/mol. The molecule has 0 radical (unpaired) electrons. The summed E-state index contributed by atoms with van der Waals surface area (Å²) in [5.74, 6) is 1.47. The number of piperazine rings is 1. The third-order valence-corrected chi connectivity index (χ3v) is 5.93. The minimum atomic E-state index is 0.323. The summed E-state index contributed by atoms with van der Waals surface area (Å²) < 4.78 is 5.94. The molecule has 142 valence electrons. The minimum absolute atomic E-state index is 0.323. The van der Waals surface area contributed by atoms with Gasteiger partial charge in [0.05, 0.1) is 12.7 Å². The van der Waals surface area contributed by atoms with Crippen LogP contribution in [0.25, 0.3) is 0 Å². The number of nitrogens with zero attached hydrogens (tertiary/aromatic N) is 3. The van der Waals surface area contributed by atoms with Gasteiger partial charge >= 0.3 is 0 Å². The highest BCUT2D eigenvalue weighted by atomic mass is 16.5. The number of rotatable bonds is 7. The van der Waals surface area contributed by atoms with Crippen molar-refractivity contribution in [1.29, 1.82) is 0 Å². The molecule has 2 aliphatic rings. The summed E-state index contributed by atoms with van der Waals surface area (Å²) in [5, 5.41) is 0. The van der Waals surface area contributed by atoms with Gasteiger partial charge in [0.2, 0.25) is 0 Å². The van der Waals surface area contributed by atoms with Crippen LogP contribution >= 0.6 is 0 Å². The van der Waals surface area contributed by atoms with E-state index < -0.39 is 0 Å². The van der Waals surface area contributed by atoms with E-state index in [1.54, 1.807) is 0 Å². The molecule has 0 spiro atoms. The third-order valence-electron chi connectivity index (χ3n) is 5.93. The summed E-state index contributed by atoms with van der Waals surface area (Å²) in [7, 11) is 0. The smallest absolute Gasteiger partial charge is 0.0597 e. The molecule has 2 fully saturated rings. The number of likely N-dealkylation sites (tertiary alicyclic amines) is 1. The van der Waals surface area contributed by atoms with E-state index in [0.717, 1.165) is 19.1 Å². The number of hydrogen-bond donors (Lipinski definition) is 0. The maximum Gasteiger partial charge on any atom is 0.0597 e. The third kappa shape index (κ3) is 6.29. The highest BCUT2D eigenvalue weighted by Crippen LogP contribution is 2.20. The molecule has 2 rings (SSSR count). The van der Waals surface area contributed by atoms with Crippen LogP contribution < -0.4 is 0 Å². The molecule has 0 saturated carbocycles. The van der Waals surface area contributed by atoms with E-state index in [2.05, 4.69) is 56.2 Å². The Morgan fingerprint density at radius 2 is 1.62 bits per heavy atom. The zero-order chi connectivity index (χ0) is 17.7. The second-order valence-electron chi connectivity index (χ2n) is 9.23. The number of ether oxygens (including phenoxy) is 1. The van der Waals surface area contributed by atoms with Gasteiger partial charge in [0, 0.05) is 51.4 Å². The van der Waals surface area contributed by atoms with Crippen molar-refractivity contribution in [2.45, 2.75) is 59.6 Å². The van der Waals surface area contributed by atoms with Crippen molar-refractivity contribution < 1.29 is 4.74 Å². The molecular weight excluding hydrogens is 298 g/mol. The molecule has 2 aliphatic heterocycles. The highest BCUT2D eigenvalue weighted by molar-refractivity contribution is 4.84. The summed E-state index contributed by atoms with van der Waals surface area (Å²) in [5.41, 5.74) is 0.323. The topological polar surface area (TPSA) is 19.0 Å². The monoisotopic (exact) mass is 339 g/mol. The highest BCUT2D eigenvalue weighted by Gasteiger charge is 2.29. The fraction of sp³-hybridized carbons (Fsp3) is 1.00. The van der Waals surface area contributed by atoms with Crippen LogP contribution in [0.15, 0.2) is 0 Å². The van der Waals surface area contributed by atoms with Crippen molar-refractivity contribution >= 4 is 0 Å². The first-order valence-corrected chi connectivity index (χ1v) is 10.1. The first-order valence-electron chi connectivity index (χ1n) is 10.1. The molecule has 24 heavy (non-hydrogen) atoms. The van der Waals surface area contributed by atoms with Crippen molar-refractivity contribution in [3.05, 3.63) is 0 Å². The van der Waals surface area contributed by atoms with Crippen molar-refractivity contribution in [1.82, 2.24) is 14.7 Å². The van der Waals surface area contributed by atoms with Gasteiger partial charge < -0.3 is 14.5 Å². The van der Waals surface area contributed by atoms with Gasteiger partial charge in [-0.25, -0.2) is 0 Å². The Kier molecular flexibility index (Phi) is 7.54. The normalized spacial score (nSPS) is 26.4. The molecule has 2 heterocycles. The van der Waals surface area contributed by atoms with Crippen molar-refractivity contribution in [3.63, 3.8) is 0 Å². The largest absolute Gasteiger partial charge is 0.377 e. The van der Waals surface area contributed by atoms with Crippen LogP contribution in [0.4, 0.5) is 0 Å². The van der Waals surface area contributed by atoms with E-state index in [-0.39, 0.29) is 0 Å². The summed E-state index contributed by atoms with van der Waals surface area (Å²) in [4.78, 5) is 7.91. The van der Waals surface area contributed by atoms with Crippen molar-refractivity contribution in [3.8, 4) is 0 Å². The summed E-state index contributed by atoms with van der Waals surface area (Å²) in [6, 6.07) is 0. The van der Waals surface area contributed by atoms with Gasteiger partial charge in [0.1, 0.15) is 0 Å². The van der Waals surface area contributed by atoms with E-state index in [0.29, 0.717) is 17.6 Å². The fourth-order valence-corrected chi connectivity index (χ4v) is 3.79. The molecule has 0 aliphatic carbocycles. The molecule has 0 aromatic rings. The van der Waals surface area contributed by atoms with Crippen LogP contribution in [-0.2, 0) is 4.74 Å². The van der Waals surface area contributed by atoms with Gasteiger partial charge in [0.25, 0.3) is 0 Å². The minimum Gasteiger partial charge on any atom is -0.377 e. The molecule has 4 nitrogen and oxygen atoms in total. The lowest BCUT2D eigenvalue weighted by atomic mass is 10.0. The van der Waals surface area contributed by atoms with Crippen LogP contribution in [-0.4, -0.2) is 85.3 Å². The van der Waals surface area contributed by atoms with Crippen LogP contribution in [0.5, 0.6) is 0 Å². The molecule has 0 aromatic carbocycles. The maximum absolute atomic E-state index is 5.94. The molecule has 0 bridgehead atoms. The van der Waals surface area contributed by atoms with Crippen LogP contribution in [0.1, 0.15) is 48.0 Å². The Hall–Kier alpha value is -0.160. The first-order chi connectivity index (χ1) is 11.3. The molecule has 0 aromatic heterocycles. The Morgan fingerprint density at radius 1 is 0.958 bits per heavy atom. The van der Waals surface area contributed by atoms with Gasteiger partial charge in [-0.05, 0) is 52.5 Å². The molecule has 0 amide bonds. The van der Waals surface area contributed by atoms with Crippen molar-refractivity contribution in [2.24, 2.45) is 11.8 Å². The predicted octanol–water partition coefficient (Wildman–Crippen LogP) is 2.79. The van der Waals surface area contributed by atoms with Gasteiger partial charge in [-0.15, -0.1) is 0 Å². The van der Waals surface area contributed by atoms with Gasteiger partial charge in [0.15, 0.2) is 0 Å². The van der Waals surface area contributed by atoms with E-state index in [4.69, 9.17) is 4.74 Å². The van der Waals surface area contributed by atoms with E-state index in [1.165, 1.54) is 52.2 Å². The lowest BCUT2D eigenvalue weighted by Gasteiger charge is -2.42. The Morgan fingerprint density at radius 3 is 2.21 bits per heavy atom. The molecule has 2 saturated heterocycles. The van der Waals surface area contributed by atoms with E-state index >= 15 is 0 Å². The lowest BCUT2D eigenvalue weighted by Crippen LogP contribution is -2.54. The maximum atomic E-state index is 5.94. The molecular formula is C20H41N3O. The fourth-order valence-electron chi connectivity index (χ4n) is 3.79. The SMILES string of the molecule is CC(C)[C@H](C)OCCN1CC[C@H](CN2CCN(C(C)(C)C)CC2)C1. The van der Waals surface area contributed by atoms with Gasteiger partial charge in [-0.3, -0.25) is 4.90 Å². The second kappa shape index (κ2) is 8.98. The predicted molar refractivity (Wildman–Crippen MR) is 103 cm³/mol. The second-order valence-corrected chi connectivity index (χ2v) is 9.23. The van der Waals surface area contributed by atoms with Crippen molar-refractivity contribution in [2.75, 3.05) is 59.0 Å². The zero-order valence-electron chi connectivity index (χ0n) is 17.1. The summed E-state index contributed by atoms with van der Waals surface area (Å²) >= 11 is 0. The van der Waals surface area contributed by atoms with Gasteiger partial charge in [-0.2, -0.15) is 0 Å². The molecule has 2 atom stereocenters. The molecule has 0 unspecified atom stereocenters. The summed E-state index contributed by atoms with van der Waals surface area (Å²) in [6.07, 6.45) is 1.74. The lowest BCUT2D eigenvalue weighted by molar-refractivity contribution is 0.0240. The summed E-state index contributed by atoms with van der Waals surface area (Å²) in [6.45, 7) is 24.4. The van der Waals surface area contributed by atoms with E-state index in [9.17, 15) is 0 Å². The average Bonchev–Trinajstić information content (AvgIpc) is 2.94. The Bertz CT molecular complexity index is 358. The van der Waals surface area contributed by atoms with Crippen LogP contribution in [0.2, 0.25) is 0 Å². The van der Waals surface area contributed by atoms with Gasteiger partial charge in [-0.1, -0.05) is 13.8 Å².